The van der Waals surface area contributed by atoms with E-state index >= 15 is 4.39 Å². The summed E-state index contributed by atoms with van der Waals surface area (Å²) in [5.41, 5.74) is 7.55. The maximum Gasteiger partial charge on any atom is 0.414 e. The average Bonchev–Trinajstić information content (AvgIpc) is 4.13. The third kappa shape index (κ3) is 12.4. The summed E-state index contributed by atoms with van der Waals surface area (Å²) < 4.78 is 40.6. The quantitative estimate of drug-likeness (QED) is 0.0784. The number of Topliss-reactive ketones (excluding diaryl/α,β-unsaturated/α-hetero) is 1. The predicted molar refractivity (Wildman–Crippen MR) is 253 cm³/mol. The Kier molecular flexibility index (Phi) is 15.8. The minimum atomic E-state index is -0.560. The number of nitrogens with one attached hydrogen (secondary N) is 2. The van der Waals surface area contributed by atoms with Crippen LogP contribution in [0.1, 0.15) is 50.0 Å². The standard InChI is InChI=1S/C22H25FN6O5S2.C21H25FN6O4/c1-14(35)2-4-16-12-28(22(31)34-16)15-3-5-18(17(23)10-15)27-8-6-26(7-9-27)13-19(30)25-21-24-11-20(36-21)29(32)33;1-13(29)2-4-15-12-28(21(31)32-15)14-3-5-18(16(22)10-14)26-6-8-27(9-7-26)19(30)17-11-24-20(23)25-17/h3,5,10-11,16H,2,4,6-9,12-13H2,1H3,(H,24,25,30);3,5,10-11,15H,2,4,6-9,12H2,1H3,(H3,23,24,25)/t16-;15-/m00/s1. The summed E-state index contributed by atoms with van der Waals surface area (Å²) in [7, 11) is 0. The van der Waals surface area contributed by atoms with Crippen molar-refractivity contribution in [1.29, 1.82) is 0 Å². The number of ketones is 1. The molecular formula is C43H50F2N12O9S2. The van der Waals surface area contributed by atoms with Crippen molar-refractivity contribution in [1.82, 2.24) is 24.8 Å². The van der Waals surface area contributed by atoms with Crippen molar-refractivity contribution >= 4 is 97.0 Å². The Hall–Kier alpha value is -6.86. The van der Waals surface area contributed by atoms with Crippen LogP contribution in [0.5, 0.6) is 0 Å². The summed E-state index contributed by atoms with van der Waals surface area (Å²) in [4.78, 5) is 92.0. The minimum Gasteiger partial charge on any atom is -0.444 e. The van der Waals surface area contributed by atoms with Crippen LogP contribution in [0.2, 0.25) is 0 Å². The Bertz CT molecular complexity index is 2550. The van der Waals surface area contributed by atoms with Crippen LogP contribution in [-0.2, 0) is 19.1 Å². The molecule has 0 radical (unpaired) electrons. The Labute approximate surface area is 398 Å². The molecule has 4 saturated heterocycles. The van der Waals surface area contributed by atoms with Crippen LogP contribution in [0.15, 0.2) is 48.8 Å². The van der Waals surface area contributed by atoms with Gasteiger partial charge in [-0.25, -0.2) is 28.3 Å². The van der Waals surface area contributed by atoms with Gasteiger partial charge in [-0.3, -0.25) is 34.4 Å². The zero-order valence-corrected chi connectivity index (χ0v) is 38.9. The summed E-state index contributed by atoms with van der Waals surface area (Å²) in [5.74, 6) is -1.19. The second kappa shape index (κ2) is 21.8. The number of anilines is 6. The molecule has 362 valence electrons. The number of benzene rings is 2. The van der Waals surface area contributed by atoms with Crippen LogP contribution in [0, 0.1) is 21.7 Å². The number of ether oxygens (including phenoxy) is 2. The smallest absolute Gasteiger partial charge is 0.414 e. The first kappa shape index (κ1) is 49.1. The van der Waals surface area contributed by atoms with Gasteiger partial charge in [-0.1, -0.05) is 12.2 Å². The number of hydrogen-bond acceptors (Lipinski definition) is 17. The molecule has 0 saturated carbocycles. The number of nitrogen functional groups attached to an aromatic ring is 1. The van der Waals surface area contributed by atoms with Crippen LogP contribution in [0.3, 0.4) is 0 Å². The van der Waals surface area contributed by atoms with E-state index in [1.165, 1.54) is 35.1 Å². The maximum atomic E-state index is 15.0. The van der Waals surface area contributed by atoms with Gasteiger partial charge in [-0.15, -0.1) is 0 Å². The van der Waals surface area contributed by atoms with Gasteiger partial charge in [0.1, 0.15) is 41.5 Å². The second-order valence-corrected chi connectivity index (χ2v) is 18.2. The fourth-order valence-electron chi connectivity index (χ4n) is 8.02. The molecule has 2 aromatic carbocycles. The van der Waals surface area contributed by atoms with E-state index in [1.54, 1.807) is 29.2 Å². The number of amides is 4. The summed E-state index contributed by atoms with van der Waals surface area (Å²) in [6, 6.07) is 9.33. The molecule has 0 aliphatic carbocycles. The number of nitro groups is 1. The minimum absolute atomic E-state index is 0.0328. The molecule has 4 N–H and O–H groups in total. The average molecular weight is 981 g/mol. The number of piperazine rings is 2. The first-order chi connectivity index (χ1) is 32.5. The van der Waals surface area contributed by atoms with E-state index in [0.29, 0.717) is 113 Å². The highest BCUT2D eigenvalue weighted by atomic mass is 32.1. The third-order valence-corrected chi connectivity index (χ3v) is 12.7. The van der Waals surface area contributed by atoms with Crippen molar-refractivity contribution in [2.75, 3.05) is 103 Å². The van der Waals surface area contributed by atoms with Crippen molar-refractivity contribution in [2.24, 2.45) is 0 Å². The van der Waals surface area contributed by atoms with Crippen LogP contribution >= 0.6 is 23.6 Å². The molecule has 2 atom stereocenters. The summed E-state index contributed by atoms with van der Waals surface area (Å²) in [6.45, 7) is 7.95. The second-order valence-electron chi connectivity index (χ2n) is 16.5. The Morgan fingerprint density at radius 3 is 1.87 bits per heavy atom. The molecule has 4 aliphatic rings. The summed E-state index contributed by atoms with van der Waals surface area (Å²) in [5, 5.41) is 13.3. The molecule has 25 heteroatoms. The molecule has 4 aliphatic heterocycles. The van der Waals surface area contributed by atoms with Crippen molar-refractivity contribution in [3.05, 3.63) is 76.2 Å². The molecule has 4 fully saturated rings. The third-order valence-electron chi connectivity index (χ3n) is 11.6. The summed E-state index contributed by atoms with van der Waals surface area (Å²) in [6.07, 6.45) is 2.93. The number of aromatic amines is 1. The largest absolute Gasteiger partial charge is 0.444 e. The monoisotopic (exact) mass is 980 g/mol. The first-order valence-electron chi connectivity index (χ1n) is 21.8. The van der Waals surface area contributed by atoms with Crippen LogP contribution < -0.4 is 30.7 Å². The molecule has 2 aromatic heterocycles. The number of H-pyrrole nitrogens is 1. The molecule has 68 heavy (non-hydrogen) atoms. The number of thiazole rings is 1. The van der Waals surface area contributed by atoms with Crippen molar-refractivity contribution in [3.63, 3.8) is 0 Å². The van der Waals surface area contributed by atoms with Gasteiger partial charge in [0.25, 0.3) is 5.91 Å². The molecule has 0 unspecified atom stereocenters. The van der Waals surface area contributed by atoms with Gasteiger partial charge in [-0.05, 0) is 85.7 Å². The zero-order valence-electron chi connectivity index (χ0n) is 37.2. The number of thiocarbonyl (C=S) groups is 1. The lowest BCUT2D eigenvalue weighted by Gasteiger charge is -2.36. The number of cyclic esters (lactones) is 2. The first-order valence-corrected chi connectivity index (χ1v) is 23.0. The van der Waals surface area contributed by atoms with Gasteiger partial charge in [0.05, 0.1) is 53.5 Å². The van der Waals surface area contributed by atoms with Gasteiger partial charge in [0.15, 0.2) is 11.1 Å². The molecule has 21 nitrogen and oxygen atoms in total. The van der Waals surface area contributed by atoms with Crippen molar-refractivity contribution in [3.8, 4) is 0 Å². The van der Waals surface area contributed by atoms with Gasteiger partial charge in [0, 0.05) is 58.8 Å². The highest BCUT2D eigenvalue weighted by Crippen LogP contribution is 2.32. The molecule has 8 rings (SSSR count). The topological polar surface area (TPSA) is 246 Å². The Morgan fingerprint density at radius 1 is 0.853 bits per heavy atom. The van der Waals surface area contributed by atoms with Gasteiger partial charge in [0.2, 0.25) is 5.91 Å². The number of aromatic nitrogens is 3. The number of rotatable bonds is 15. The van der Waals surface area contributed by atoms with Gasteiger partial charge in [-0.2, -0.15) is 0 Å². The number of nitrogens with zero attached hydrogens (tertiary/aromatic N) is 9. The number of carbonyl (C=O) groups is 5. The number of nitrogens with two attached hydrogens (primary N) is 1. The van der Waals surface area contributed by atoms with E-state index in [1.807, 2.05) is 21.6 Å². The highest BCUT2D eigenvalue weighted by Gasteiger charge is 2.35. The predicted octanol–water partition coefficient (Wildman–Crippen LogP) is 5.23. The van der Waals surface area contributed by atoms with Crippen LogP contribution in [0.4, 0.5) is 57.2 Å². The van der Waals surface area contributed by atoms with Crippen LogP contribution in [-0.4, -0.2) is 149 Å². The van der Waals surface area contributed by atoms with E-state index in [2.05, 4.69) is 20.3 Å². The van der Waals surface area contributed by atoms with Crippen molar-refractivity contribution < 1.29 is 47.2 Å². The molecule has 4 amide bonds. The lowest BCUT2D eigenvalue weighted by molar-refractivity contribution is -0.380. The number of halogens is 2. The lowest BCUT2D eigenvalue weighted by Crippen LogP contribution is -2.49. The number of hydrogen-bond donors (Lipinski definition) is 3. The van der Waals surface area contributed by atoms with E-state index in [-0.39, 0.29) is 59.0 Å². The Morgan fingerprint density at radius 2 is 1.40 bits per heavy atom. The molecule has 6 heterocycles. The fourth-order valence-corrected chi connectivity index (χ4v) is 8.78. The highest BCUT2D eigenvalue weighted by molar-refractivity contribution is 7.80. The number of carbonyl (C=O) groups excluding carboxylic acids is 5. The molecule has 4 aromatic rings. The molecule has 0 bridgehead atoms. The van der Waals surface area contributed by atoms with Crippen LogP contribution in [0.25, 0.3) is 0 Å². The fraction of sp³-hybridized carbons (Fsp3) is 0.442. The normalized spacial score (nSPS) is 18.5. The number of imidazole rings is 1. The van der Waals surface area contributed by atoms with E-state index in [4.69, 9.17) is 27.4 Å². The van der Waals surface area contributed by atoms with E-state index in [0.717, 1.165) is 22.4 Å². The summed E-state index contributed by atoms with van der Waals surface area (Å²) >= 11 is 5.88. The SMILES string of the molecule is CC(=O)CC[C@H]1CN(c2ccc(N3CCN(C(=O)c4cnc(N)[nH]4)CC3)c(F)c2)C(=O)O1.CC(=S)CC[C@H]1CN(c2ccc(N3CCN(CC(=O)Nc4ncc([N+](=O)[O-])s4)CC3)c(F)c2)C(=O)O1. The lowest BCUT2D eigenvalue weighted by atomic mass is 10.1. The van der Waals surface area contributed by atoms with E-state index < -0.39 is 28.7 Å². The molecule has 0 spiro atoms. The van der Waals surface area contributed by atoms with Gasteiger partial charge >= 0.3 is 17.2 Å². The zero-order chi connectivity index (χ0) is 48.6. The van der Waals surface area contributed by atoms with E-state index in [9.17, 15) is 38.5 Å². The maximum absolute atomic E-state index is 15.0. The molecular weight excluding hydrogens is 931 g/mol. The van der Waals surface area contributed by atoms with Gasteiger partial charge < -0.3 is 45.0 Å². The Balaban J connectivity index is 0.000000203. The van der Waals surface area contributed by atoms with Crippen molar-refractivity contribution in [2.45, 2.75) is 51.7 Å².